The van der Waals surface area contributed by atoms with Gasteiger partial charge in [0, 0.05) is 24.0 Å². The molecule has 4 nitrogen and oxygen atoms in total. The van der Waals surface area contributed by atoms with Gasteiger partial charge in [-0.2, -0.15) is 0 Å². The van der Waals surface area contributed by atoms with E-state index in [9.17, 15) is 0 Å². The maximum Gasteiger partial charge on any atom is 0.144 e. The van der Waals surface area contributed by atoms with Gasteiger partial charge in [0.1, 0.15) is 5.65 Å². The third-order valence-corrected chi connectivity index (χ3v) is 3.70. The van der Waals surface area contributed by atoms with E-state index in [1.165, 1.54) is 0 Å². The van der Waals surface area contributed by atoms with E-state index in [4.69, 9.17) is 0 Å². The van der Waals surface area contributed by atoms with E-state index in [0.29, 0.717) is 0 Å². The lowest BCUT2D eigenvalue weighted by atomic mass is 10.1. The highest BCUT2D eigenvalue weighted by atomic mass is 15.0. The van der Waals surface area contributed by atoms with Crippen molar-refractivity contribution in [1.82, 2.24) is 19.5 Å². The molecule has 0 fully saturated rings. The van der Waals surface area contributed by atoms with Crippen molar-refractivity contribution >= 4 is 11.0 Å². The molecule has 4 heterocycles. The molecule has 0 N–H and O–H groups in total. The molecular formula is C18H14N4. The van der Waals surface area contributed by atoms with Gasteiger partial charge in [-0.3, -0.25) is 14.5 Å². The molecule has 0 aromatic carbocycles. The lowest BCUT2D eigenvalue weighted by Gasteiger charge is -2.09. The number of rotatable bonds is 2. The molecule has 0 atom stereocenters. The summed E-state index contributed by atoms with van der Waals surface area (Å²) in [5.74, 6) is 0. The van der Waals surface area contributed by atoms with Crippen LogP contribution < -0.4 is 0 Å². The Labute approximate surface area is 128 Å². The van der Waals surface area contributed by atoms with Crippen molar-refractivity contribution in [2.75, 3.05) is 0 Å². The van der Waals surface area contributed by atoms with Gasteiger partial charge in [-0.1, -0.05) is 6.07 Å². The standard InChI is InChI=1S/C18H14N4/c1-13-11-15(12-21-17(13)16-6-2-3-8-19-16)22-10-7-14-5-4-9-20-18(14)22/h2-12H,1H3. The van der Waals surface area contributed by atoms with Crippen molar-refractivity contribution in [3.63, 3.8) is 0 Å². The Kier molecular flexibility index (Phi) is 2.93. The molecule has 4 aromatic rings. The molecule has 106 valence electrons. The molecule has 0 aliphatic carbocycles. The van der Waals surface area contributed by atoms with Crippen LogP contribution in [0.25, 0.3) is 28.1 Å². The first-order valence-corrected chi connectivity index (χ1v) is 7.13. The summed E-state index contributed by atoms with van der Waals surface area (Å²) < 4.78 is 2.05. The predicted octanol–water partition coefficient (Wildman–Crippen LogP) is 3.79. The molecule has 0 bridgehead atoms. The van der Waals surface area contributed by atoms with Gasteiger partial charge in [0.2, 0.25) is 0 Å². The van der Waals surface area contributed by atoms with Crippen LogP contribution in [0.3, 0.4) is 0 Å². The molecule has 4 aromatic heterocycles. The first kappa shape index (κ1) is 12.7. The van der Waals surface area contributed by atoms with Crippen LogP contribution in [0.5, 0.6) is 0 Å². The molecule has 4 heteroatoms. The highest BCUT2D eigenvalue weighted by Gasteiger charge is 2.08. The van der Waals surface area contributed by atoms with Crippen molar-refractivity contribution in [1.29, 1.82) is 0 Å². The zero-order valence-electron chi connectivity index (χ0n) is 12.1. The predicted molar refractivity (Wildman–Crippen MR) is 86.8 cm³/mol. The van der Waals surface area contributed by atoms with Gasteiger partial charge in [-0.15, -0.1) is 0 Å². The Balaban J connectivity index is 1.83. The molecule has 0 spiro atoms. The minimum absolute atomic E-state index is 0.891. The Bertz CT molecular complexity index is 942. The summed E-state index contributed by atoms with van der Waals surface area (Å²) in [6.45, 7) is 2.06. The van der Waals surface area contributed by atoms with E-state index < -0.39 is 0 Å². The summed E-state index contributed by atoms with van der Waals surface area (Å²) in [4.78, 5) is 13.4. The van der Waals surface area contributed by atoms with Gasteiger partial charge in [-0.05, 0) is 48.9 Å². The second-order valence-corrected chi connectivity index (χ2v) is 5.18. The van der Waals surface area contributed by atoms with Crippen LogP contribution in [0.4, 0.5) is 0 Å². The lowest BCUT2D eigenvalue weighted by molar-refractivity contribution is 1.06. The van der Waals surface area contributed by atoms with E-state index >= 15 is 0 Å². The number of hydrogen-bond acceptors (Lipinski definition) is 3. The smallest absolute Gasteiger partial charge is 0.144 e. The third-order valence-electron chi connectivity index (χ3n) is 3.70. The maximum atomic E-state index is 4.60. The van der Waals surface area contributed by atoms with Crippen LogP contribution in [-0.2, 0) is 0 Å². The summed E-state index contributed by atoms with van der Waals surface area (Å²) in [6.07, 6.45) is 7.48. The summed E-state index contributed by atoms with van der Waals surface area (Å²) in [5.41, 5.74) is 4.84. The number of pyridine rings is 3. The molecule has 4 rings (SSSR count). The fourth-order valence-electron chi connectivity index (χ4n) is 2.64. The van der Waals surface area contributed by atoms with Gasteiger partial charge >= 0.3 is 0 Å². The molecule has 0 unspecified atom stereocenters. The van der Waals surface area contributed by atoms with Gasteiger partial charge in [0.25, 0.3) is 0 Å². The summed E-state index contributed by atoms with van der Waals surface area (Å²) in [5, 5.41) is 1.12. The van der Waals surface area contributed by atoms with Crippen LogP contribution in [-0.4, -0.2) is 19.5 Å². The quantitative estimate of drug-likeness (QED) is 0.563. The average molecular weight is 286 g/mol. The van der Waals surface area contributed by atoms with E-state index in [1.54, 1.807) is 12.4 Å². The van der Waals surface area contributed by atoms with E-state index in [2.05, 4.69) is 44.6 Å². The first-order valence-electron chi connectivity index (χ1n) is 7.13. The zero-order valence-corrected chi connectivity index (χ0v) is 12.1. The van der Waals surface area contributed by atoms with Gasteiger partial charge < -0.3 is 0 Å². The van der Waals surface area contributed by atoms with Crippen molar-refractivity contribution in [2.45, 2.75) is 6.92 Å². The maximum absolute atomic E-state index is 4.60. The lowest BCUT2D eigenvalue weighted by Crippen LogP contribution is -1.98. The van der Waals surface area contributed by atoms with Crippen molar-refractivity contribution in [3.8, 4) is 17.1 Å². The fourth-order valence-corrected chi connectivity index (χ4v) is 2.64. The first-order chi connectivity index (χ1) is 10.8. The Morgan fingerprint density at radius 3 is 2.64 bits per heavy atom. The highest BCUT2D eigenvalue weighted by molar-refractivity contribution is 5.78. The summed E-state index contributed by atoms with van der Waals surface area (Å²) >= 11 is 0. The minimum atomic E-state index is 0.891. The third kappa shape index (κ3) is 2.05. The number of nitrogens with zero attached hydrogens (tertiary/aromatic N) is 4. The van der Waals surface area contributed by atoms with Crippen molar-refractivity contribution in [3.05, 3.63) is 72.8 Å². The normalized spacial score (nSPS) is 11.0. The number of fused-ring (bicyclic) bond motifs is 1. The zero-order chi connectivity index (χ0) is 14.9. The van der Waals surface area contributed by atoms with Crippen molar-refractivity contribution in [2.24, 2.45) is 0 Å². The topological polar surface area (TPSA) is 43.6 Å². The molecule has 22 heavy (non-hydrogen) atoms. The Morgan fingerprint density at radius 2 is 1.82 bits per heavy atom. The van der Waals surface area contributed by atoms with E-state index in [-0.39, 0.29) is 0 Å². The second-order valence-electron chi connectivity index (χ2n) is 5.18. The van der Waals surface area contributed by atoms with Crippen LogP contribution >= 0.6 is 0 Å². The number of aromatic nitrogens is 4. The summed E-state index contributed by atoms with van der Waals surface area (Å²) in [7, 11) is 0. The number of aryl methyl sites for hydroxylation is 1. The molecule has 0 aliphatic rings. The van der Waals surface area contributed by atoms with Gasteiger partial charge in [0.15, 0.2) is 0 Å². The molecule has 0 saturated heterocycles. The van der Waals surface area contributed by atoms with Gasteiger partial charge in [-0.25, -0.2) is 4.98 Å². The minimum Gasteiger partial charge on any atom is -0.300 e. The Morgan fingerprint density at radius 1 is 0.909 bits per heavy atom. The van der Waals surface area contributed by atoms with Crippen LogP contribution in [0, 0.1) is 6.92 Å². The average Bonchev–Trinajstić information content (AvgIpc) is 2.99. The van der Waals surface area contributed by atoms with Crippen molar-refractivity contribution < 1.29 is 0 Å². The molecular weight excluding hydrogens is 272 g/mol. The number of hydrogen-bond donors (Lipinski definition) is 0. The summed E-state index contributed by atoms with van der Waals surface area (Å²) in [6, 6.07) is 14.0. The molecule has 0 amide bonds. The molecule has 0 aliphatic heterocycles. The monoisotopic (exact) mass is 286 g/mol. The molecule has 0 radical (unpaired) electrons. The van der Waals surface area contributed by atoms with E-state index in [0.717, 1.165) is 33.7 Å². The van der Waals surface area contributed by atoms with Crippen LogP contribution in [0.1, 0.15) is 5.56 Å². The SMILES string of the molecule is Cc1cc(-n2ccc3cccnc32)cnc1-c1ccccn1. The second kappa shape index (κ2) is 5.07. The fraction of sp³-hybridized carbons (Fsp3) is 0.0556. The highest BCUT2D eigenvalue weighted by Crippen LogP contribution is 2.23. The van der Waals surface area contributed by atoms with Gasteiger partial charge in [0.05, 0.1) is 23.3 Å². The molecule has 0 saturated carbocycles. The largest absolute Gasteiger partial charge is 0.300 e. The van der Waals surface area contributed by atoms with Crippen LogP contribution in [0.2, 0.25) is 0 Å². The van der Waals surface area contributed by atoms with Crippen LogP contribution in [0.15, 0.2) is 67.3 Å². The van der Waals surface area contributed by atoms with E-state index in [1.807, 2.05) is 36.7 Å². The Hall–Kier alpha value is -3.01.